The third-order valence-electron chi connectivity index (χ3n) is 5.97. The van der Waals surface area contributed by atoms with E-state index >= 15 is 0 Å². The minimum Gasteiger partial charge on any atom is -0.356 e. The lowest BCUT2D eigenvalue weighted by molar-refractivity contribution is -0.126. The van der Waals surface area contributed by atoms with Crippen molar-refractivity contribution in [3.05, 3.63) is 41.0 Å². The first-order valence-corrected chi connectivity index (χ1v) is 12.1. The lowest BCUT2D eigenvalue weighted by atomic mass is 9.97. The standard InChI is InChI=1S/C21H28N4O4S/c1-15-23-20(29-24-15)6-3-11-22-21(26)17-9-12-25(13-10-17)30(27,28)19-8-7-16-4-2-5-18(16)14-19/h7-8,14,17H,2-6,9-13H2,1H3,(H,22,26). The lowest BCUT2D eigenvalue weighted by Crippen LogP contribution is -2.43. The second kappa shape index (κ2) is 8.85. The van der Waals surface area contributed by atoms with E-state index in [4.69, 9.17) is 4.52 Å². The maximum absolute atomic E-state index is 13.0. The number of aromatic nitrogens is 2. The summed E-state index contributed by atoms with van der Waals surface area (Å²) in [6.07, 6.45) is 5.50. The smallest absolute Gasteiger partial charge is 0.243 e. The Balaban J connectivity index is 1.25. The van der Waals surface area contributed by atoms with Crippen molar-refractivity contribution in [3.63, 3.8) is 0 Å². The van der Waals surface area contributed by atoms with Crippen LogP contribution in [0.5, 0.6) is 0 Å². The average Bonchev–Trinajstić information content (AvgIpc) is 3.39. The summed E-state index contributed by atoms with van der Waals surface area (Å²) < 4.78 is 32.6. The van der Waals surface area contributed by atoms with Crippen LogP contribution in [-0.2, 0) is 34.1 Å². The molecule has 0 unspecified atom stereocenters. The topological polar surface area (TPSA) is 105 Å². The summed E-state index contributed by atoms with van der Waals surface area (Å²) in [4.78, 5) is 17.0. The molecule has 2 aliphatic rings. The van der Waals surface area contributed by atoms with Crippen LogP contribution in [0.4, 0.5) is 0 Å². The molecule has 1 N–H and O–H groups in total. The van der Waals surface area contributed by atoms with Gasteiger partial charge in [0.2, 0.25) is 21.8 Å². The lowest BCUT2D eigenvalue weighted by Gasteiger charge is -2.30. The Kier molecular flexibility index (Phi) is 6.19. The number of amides is 1. The molecule has 0 atom stereocenters. The summed E-state index contributed by atoms with van der Waals surface area (Å²) >= 11 is 0. The Hall–Kier alpha value is -2.26. The SMILES string of the molecule is Cc1noc(CCCNC(=O)C2CCN(S(=O)(=O)c3ccc4c(c3)CCC4)CC2)n1. The molecule has 0 radical (unpaired) electrons. The number of sulfonamides is 1. The number of benzene rings is 1. The zero-order valence-corrected chi connectivity index (χ0v) is 18.1. The minimum atomic E-state index is -3.50. The zero-order chi connectivity index (χ0) is 21.1. The van der Waals surface area contributed by atoms with Gasteiger partial charge in [0.1, 0.15) is 0 Å². The normalized spacial score (nSPS) is 17.8. The minimum absolute atomic E-state index is 0.00807. The van der Waals surface area contributed by atoms with Gasteiger partial charge in [-0.1, -0.05) is 11.2 Å². The molecule has 1 saturated heterocycles. The van der Waals surface area contributed by atoms with E-state index in [9.17, 15) is 13.2 Å². The van der Waals surface area contributed by atoms with E-state index in [1.54, 1.807) is 13.0 Å². The van der Waals surface area contributed by atoms with Gasteiger partial charge in [0.25, 0.3) is 0 Å². The molecule has 1 amide bonds. The predicted molar refractivity (Wildman–Crippen MR) is 110 cm³/mol. The van der Waals surface area contributed by atoms with Gasteiger partial charge in [-0.05, 0) is 68.7 Å². The molecule has 1 aliphatic carbocycles. The molecule has 0 saturated carbocycles. The first-order chi connectivity index (χ1) is 14.4. The van der Waals surface area contributed by atoms with Crippen molar-refractivity contribution in [3.8, 4) is 0 Å². The van der Waals surface area contributed by atoms with E-state index in [1.807, 2.05) is 12.1 Å². The monoisotopic (exact) mass is 432 g/mol. The summed E-state index contributed by atoms with van der Waals surface area (Å²) in [5, 5.41) is 6.69. The molecular formula is C21H28N4O4S. The Morgan fingerprint density at radius 2 is 2.00 bits per heavy atom. The van der Waals surface area contributed by atoms with E-state index in [1.165, 1.54) is 9.87 Å². The van der Waals surface area contributed by atoms with Crippen LogP contribution in [0.3, 0.4) is 0 Å². The highest BCUT2D eigenvalue weighted by atomic mass is 32.2. The molecule has 0 bridgehead atoms. The highest BCUT2D eigenvalue weighted by Gasteiger charge is 2.32. The van der Waals surface area contributed by atoms with Crippen molar-refractivity contribution in [2.24, 2.45) is 5.92 Å². The zero-order valence-electron chi connectivity index (χ0n) is 17.3. The van der Waals surface area contributed by atoms with Crippen molar-refractivity contribution < 1.29 is 17.7 Å². The van der Waals surface area contributed by atoms with Gasteiger partial charge in [0.05, 0.1) is 4.90 Å². The van der Waals surface area contributed by atoms with Crippen LogP contribution in [-0.4, -0.2) is 48.4 Å². The number of aryl methyl sites for hydroxylation is 4. The molecule has 4 rings (SSSR count). The van der Waals surface area contributed by atoms with E-state index in [0.29, 0.717) is 55.5 Å². The van der Waals surface area contributed by atoms with Gasteiger partial charge in [-0.2, -0.15) is 9.29 Å². The first kappa shape index (κ1) is 21.0. The molecule has 1 aromatic heterocycles. The number of carbonyl (C=O) groups is 1. The number of carbonyl (C=O) groups excluding carboxylic acids is 1. The van der Waals surface area contributed by atoms with Crippen molar-refractivity contribution in [1.82, 2.24) is 19.8 Å². The van der Waals surface area contributed by atoms with Crippen LogP contribution >= 0.6 is 0 Å². The van der Waals surface area contributed by atoms with Crippen LogP contribution in [0, 0.1) is 12.8 Å². The summed E-state index contributed by atoms with van der Waals surface area (Å²) in [6.45, 7) is 3.05. The molecule has 30 heavy (non-hydrogen) atoms. The van der Waals surface area contributed by atoms with Crippen molar-refractivity contribution in [2.45, 2.75) is 56.8 Å². The van der Waals surface area contributed by atoms with Crippen LogP contribution in [0.1, 0.15) is 48.5 Å². The van der Waals surface area contributed by atoms with Gasteiger partial charge in [-0.25, -0.2) is 8.42 Å². The van der Waals surface area contributed by atoms with Crippen molar-refractivity contribution in [2.75, 3.05) is 19.6 Å². The number of nitrogens with zero attached hydrogens (tertiary/aromatic N) is 3. The number of piperidine rings is 1. The van der Waals surface area contributed by atoms with Gasteiger partial charge < -0.3 is 9.84 Å². The Morgan fingerprint density at radius 1 is 1.23 bits per heavy atom. The molecule has 1 aliphatic heterocycles. The summed E-state index contributed by atoms with van der Waals surface area (Å²) in [6, 6.07) is 5.51. The first-order valence-electron chi connectivity index (χ1n) is 10.6. The number of fused-ring (bicyclic) bond motifs is 1. The molecule has 2 heterocycles. The molecule has 2 aromatic rings. The average molecular weight is 433 g/mol. The quantitative estimate of drug-likeness (QED) is 0.671. The fourth-order valence-corrected chi connectivity index (χ4v) is 5.77. The van der Waals surface area contributed by atoms with Crippen molar-refractivity contribution in [1.29, 1.82) is 0 Å². The summed E-state index contributed by atoms with van der Waals surface area (Å²) in [7, 11) is -3.50. The highest BCUT2D eigenvalue weighted by Crippen LogP contribution is 2.28. The molecule has 1 fully saturated rings. The van der Waals surface area contributed by atoms with Crippen LogP contribution in [0.2, 0.25) is 0 Å². The highest BCUT2D eigenvalue weighted by molar-refractivity contribution is 7.89. The van der Waals surface area contributed by atoms with Gasteiger partial charge >= 0.3 is 0 Å². The molecule has 9 heteroatoms. The largest absolute Gasteiger partial charge is 0.356 e. The maximum atomic E-state index is 13.0. The maximum Gasteiger partial charge on any atom is 0.243 e. The fraction of sp³-hybridized carbons (Fsp3) is 0.571. The fourth-order valence-electron chi connectivity index (χ4n) is 4.25. The molecule has 162 valence electrons. The van der Waals surface area contributed by atoms with Crippen LogP contribution < -0.4 is 5.32 Å². The molecule has 8 nitrogen and oxygen atoms in total. The molecule has 0 spiro atoms. The van der Waals surface area contributed by atoms with Gasteiger partial charge in [-0.15, -0.1) is 0 Å². The van der Waals surface area contributed by atoms with Crippen LogP contribution in [0.25, 0.3) is 0 Å². The number of rotatable bonds is 7. The van der Waals surface area contributed by atoms with E-state index < -0.39 is 10.0 Å². The Morgan fingerprint density at radius 3 is 2.73 bits per heavy atom. The van der Waals surface area contributed by atoms with Gasteiger partial charge in [-0.3, -0.25) is 4.79 Å². The van der Waals surface area contributed by atoms with E-state index in [-0.39, 0.29) is 11.8 Å². The van der Waals surface area contributed by atoms with E-state index in [2.05, 4.69) is 15.5 Å². The van der Waals surface area contributed by atoms with E-state index in [0.717, 1.165) is 31.2 Å². The molecular weight excluding hydrogens is 404 g/mol. The number of hydrogen-bond acceptors (Lipinski definition) is 6. The van der Waals surface area contributed by atoms with Gasteiger partial charge in [0, 0.05) is 32.0 Å². The Labute approximate surface area is 177 Å². The Bertz CT molecular complexity index is 1010. The van der Waals surface area contributed by atoms with Crippen molar-refractivity contribution >= 4 is 15.9 Å². The summed E-state index contributed by atoms with van der Waals surface area (Å²) in [5.74, 6) is 1.02. The second-order valence-electron chi connectivity index (χ2n) is 8.09. The third kappa shape index (κ3) is 4.57. The predicted octanol–water partition coefficient (Wildman–Crippen LogP) is 2.02. The number of nitrogens with one attached hydrogen (secondary N) is 1. The molecule has 1 aromatic carbocycles. The third-order valence-corrected chi connectivity index (χ3v) is 7.86. The van der Waals surface area contributed by atoms with Crippen LogP contribution in [0.15, 0.2) is 27.6 Å². The number of hydrogen-bond donors (Lipinski definition) is 1. The summed E-state index contributed by atoms with van der Waals surface area (Å²) in [5.41, 5.74) is 2.42. The van der Waals surface area contributed by atoms with Gasteiger partial charge in [0.15, 0.2) is 5.82 Å². The second-order valence-corrected chi connectivity index (χ2v) is 10.0.